The maximum atomic E-state index is 14.3. The Kier molecular flexibility index (Phi) is 17.3. The van der Waals surface area contributed by atoms with Crippen molar-refractivity contribution in [2.45, 2.75) is 75.9 Å². The van der Waals surface area contributed by atoms with Gasteiger partial charge >= 0.3 is 6.09 Å². The van der Waals surface area contributed by atoms with Crippen LogP contribution < -0.4 is 9.47 Å². The minimum atomic E-state index is -1.49. The maximum Gasteiger partial charge on any atom is 0.410 e. The lowest BCUT2D eigenvalue weighted by Crippen LogP contribution is -2.69. The van der Waals surface area contributed by atoms with Crippen LogP contribution in [0.3, 0.4) is 0 Å². The molecule has 3 aliphatic rings. The molecule has 0 radical (unpaired) electrons. The molecule has 71 heavy (non-hydrogen) atoms. The SMILES string of the molecule is C=CCO[C@@]12Oc3ccc(Oc4ccc(-c5ccccc5)cc4)cc3[C@H]3[C@H](CCCCO)[C@@H](CCCCO)C=C(C(=NOCc4ccc([N+](=O)[O-])cc4)C[C@@H]1N(C)C(=O)OCCOCc1ccccc1)[C@H]32. The summed E-state index contributed by atoms with van der Waals surface area (Å²) in [5.41, 5.74) is 6.18. The Hall–Kier alpha value is -6.84. The first kappa shape index (κ1) is 50.5. The third-order valence-electron chi connectivity index (χ3n) is 13.7. The van der Waals surface area contributed by atoms with Crippen LogP contribution in [0.1, 0.15) is 67.6 Å². The second kappa shape index (κ2) is 24.3. The smallest absolute Gasteiger partial charge is 0.410 e. The predicted octanol–water partition coefficient (Wildman–Crippen LogP) is 11.2. The van der Waals surface area contributed by atoms with Crippen molar-refractivity contribution in [2.24, 2.45) is 22.9 Å². The van der Waals surface area contributed by atoms with Crippen LogP contribution in [0.4, 0.5) is 10.5 Å². The highest BCUT2D eigenvalue weighted by Gasteiger charge is 2.65. The van der Waals surface area contributed by atoms with Gasteiger partial charge in [-0.2, -0.15) is 0 Å². The summed E-state index contributed by atoms with van der Waals surface area (Å²) < 4.78 is 32.7. The molecule has 2 N–H and O–H groups in total. The monoisotopic (exact) mass is 965 g/mol. The average Bonchev–Trinajstić information content (AvgIpc) is 3.40. The third-order valence-corrected chi connectivity index (χ3v) is 13.7. The van der Waals surface area contributed by atoms with Gasteiger partial charge in [-0.15, -0.1) is 6.58 Å². The number of hydrogen-bond acceptors (Lipinski definition) is 12. The molecule has 6 atom stereocenters. The maximum absolute atomic E-state index is 14.3. The summed E-state index contributed by atoms with van der Waals surface area (Å²) in [5, 5.41) is 36.3. The molecule has 5 aromatic carbocycles. The summed E-state index contributed by atoms with van der Waals surface area (Å²) in [7, 11) is 1.67. The van der Waals surface area contributed by atoms with Gasteiger partial charge in [0.05, 0.1) is 36.4 Å². The average molecular weight is 966 g/mol. The Balaban J connectivity index is 1.20. The Bertz CT molecular complexity index is 2610. The van der Waals surface area contributed by atoms with E-state index in [1.54, 1.807) is 25.3 Å². The Labute approximate surface area is 415 Å². The number of hydrogen-bond donors (Lipinski definition) is 2. The molecule has 0 saturated heterocycles. The minimum absolute atomic E-state index is 0.00361. The van der Waals surface area contributed by atoms with Crippen molar-refractivity contribution in [2.75, 3.05) is 40.1 Å². The van der Waals surface area contributed by atoms with Crippen LogP contribution in [0.2, 0.25) is 0 Å². The molecule has 1 heterocycles. The summed E-state index contributed by atoms with van der Waals surface area (Å²) in [5.74, 6) is -0.484. The van der Waals surface area contributed by atoms with Crippen molar-refractivity contribution in [3.05, 3.63) is 179 Å². The van der Waals surface area contributed by atoms with Gasteiger partial charge in [-0.05, 0) is 108 Å². The van der Waals surface area contributed by atoms with Crippen molar-refractivity contribution in [1.82, 2.24) is 4.90 Å². The van der Waals surface area contributed by atoms with Gasteiger partial charge in [0.15, 0.2) is 0 Å². The van der Waals surface area contributed by atoms with E-state index in [4.69, 9.17) is 33.7 Å². The summed E-state index contributed by atoms with van der Waals surface area (Å²) >= 11 is 0. The summed E-state index contributed by atoms with van der Waals surface area (Å²) in [6.45, 7) is 4.82. The van der Waals surface area contributed by atoms with Crippen LogP contribution in [0, 0.1) is 27.9 Å². The Morgan fingerprint density at radius 1 is 0.845 bits per heavy atom. The van der Waals surface area contributed by atoms with Gasteiger partial charge < -0.3 is 43.6 Å². The van der Waals surface area contributed by atoms with E-state index < -0.39 is 28.8 Å². The fourth-order valence-corrected chi connectivity index (χ4v) is 10.4. The van der Waals surface area contributed by atoms with Gasteiger partial charge in [0, 0.05) is 50.3 Å². The van der Waals surface area contributed by atoms with E-state index in [0.717, 1.165) is 53.5 Å². The number of amides is 1. The highest BCUT2D eigenvalue weighted by Crippen LogP contribution is 2.62. The predicted molar refractivity (Wildman–Crippen MR) is 270 cm³/mol. The lowest BCUT2D eigenvalue weighted by Gasteiger charge is -2.59. The topological polar surface area (TPSA) is 172 Å². The molecule has 8 rings (SSSR count). The van der Waals surface area contributed by atoms with Gasteiger partial charge in [-0.25, -0.2) is 4.79 Å². The Morgan fingerprint density at radius 2 is 1.52 bits per heavy atom. The van der Waals surface area contributed by atoms with Crippen LogP contribution in [-0.2, 0) is 32.3 Å². The fourth-order valence-electron chi connectivity index (χ4n) is 10.4. The standard InChI is InChI=1S/C57H63N3O11/c1-3-32-68-57-53(59(2)56(63)67-34-33-66-38-40-14-6-4-7-15-40)37-51(58-69-39-41-20-24-45(25-21-41)60(64)65)49-35-44(18-10-12-30-61)48(19-11-13-31-62)54(55(49)57)50-36-47(28-29-52(50)71-57)70-46-26-22-43(23-27-46)42-16-8-5-9-17-42/h3-9,14-17,20-29,35-36,44,48,53-55,61-62H,1,10-13,18-19,30-34,37-39H2,2H3/t44-,48+,53-,54+,55+,57+/m0/s1. The van der Waals surface area contributed by atoms with Crippen LogP contribution >= 0.6 is 0 Å². The summed E-state index contributed by atoms with van der Waals surface area (Å²) in [6, 6.07) is 39.1. The number of likely N-dealkylation sites (N-methyl/N-ethyl adjacent to an activating group) is 1. The molecule has 1 saturated carbocycles. The van der Waals surface area contributed by atoms with Gasteiger partial charge in [-0.1, -0.05) is 103 Å². The second-order valence-electron chi connectivity index (χ2n) is 18.2. The first-order valence-corrected chi connectivity index (χ1v) is 24.5. The van der Waals surface area contributed by atoms with E-state index >= 15 is 0 Å². The molecule has 1 amide bonds. The number of carbonyl (C=O) groups is 1. The van der Waals surface area contributed by atoms with Gasteiger partial charge in [0.2, 0.25) is 5.79 Å². The number of aliphatic hydroxyl groups excluding tert-OH is 2. The zero-order valence-electron chi connectivity index (χ0n) is 40.2. The fraction of sp³-hybridized carbons (Fsp3) is 0.368. The molecule has 0 spiro atoms. The zero-order chi connectivity index (χ0) is 49.6. The number of aliphatic hydroxyl groups is 2. The minimum Gasteiger partial charge on any atom is -0.459 e. The molecule has 2 aliphatic carbocycles. The van der Waals surface area contributed by atoms with Crippen LogP contribution in [0.5, 0.6) is 17.2 Å². The lowest BCUT2D eigenvalue weighted by atomic mass is 9.55. The number of rotatable bonds is 24. The summed E-state index contributed by atoms with van der Waals surface area (Å²) in [6.07, 6.45) is 7.79. The first-order chi connectivity index (χ1) is 34.7. The number of carbonyl (C=O) groups excluding carboxylic acids is 1. The number of nitro benzene ring substituents is 1. The normalized spacial score (nSPS) is 21.5. The third kappa shape index (κ3) is 12.0. The largest absolute Gasteiger partial charge is 0.459 e. The highest BCUT2D eigenvalue weighted by molar-refractivity contribution is 6.03. The van der Waals surface area contributed by atoms with Crippen LogP contribution in [0.15, 0.2) is 157 Å². The number of non-ortho nitro benzene ring substituents is 1. The van der Waals surface area contributed by atoms with Crippen molar-refractivity contribution in [1.29, 1.82) is 0 Å². The molecule has 0 bridgehead atoms. The van der Waals surface area contributed by atoms with Crippen molar-refractivity contribution in [3.8, 4) is 28.4 Å². The highest BCUT2D eigenvalue weighted by atomic mass is 16.7. The van der Waals surface area contributed by atoms with Gasteiger partial charge in [0.25, 0.3) is 5.69 Å². The molecule has 1 aliphatic heterocycles. The van der Waals surface area contributed by atoms with E-state index in [9.17, 15) is 25.1 Å². The van der Waals surface area contributed by atoms with E-state index in [-0.39, 0.29) is 69.5 Å². The number of unbranched alkanes of at least 4 members (excludes halogenated alkanes) is 2. The number of fused-ring (bicyclic) bond motifs is 2. The number of nitro groups is 1. The second-order valence-corrected chi connectivity index (χ2v) is 18.2. The molecular weight excluding hydrogens is 903 g/mol. The van der Waals surface area contributed by atoms with E-state index in [1.165, 1.54) is 17.0 Å². The molecule has 1 fully saturated rings. The molecule has 0 aromatic heterocycles. The van der Waals surface area contributed by atoms with Crippen molar-refractivity contribution < 1.29 is 48.5 Å². The molecule has 0 unspecified atom stereocenters. The molecule has 372 valence electrons. The molecule has 14 heteroatoms. The van der Waals surface area contributed by atoms with Gasteiger partial charge in [-0.3, -0.25) is 10.1 Å². The van der Waals surface area contributed by atoms with E-state index in [0.29, 0.717) is 48.0 Å². The Morgan fingerprint density at radius 3 is 2.23 bits per heavy atom. The number of allylic oxidation sites excluding steroid dienone is 1. The molecule has 14 nitrogen and oxygen atoms in total. The number of ether oxygens (including phenoxy) is 5. The molecule has 5 aromatic rings. The summed E-state index contributed by atoms with van der Waals surface area (Å²) in [4.78, 5) is 32.9. The number of oxime groups is 1. The lowest BCUT2D eigenvalue weighted by molar-refractivity contribution is -0.384. The van der Waals surface area contributed by atoms with E-state index in [1.807, 2.05) is 91.0 Å². The first-order valence-electron chi connectivity index (χ1n) is 24.5. The van der Waals surface area contributed by atoms with Crippen molar-refractivity contribution >= 4 is 17.5 Å². The quantitative estimate of drug-likeness (QED) is 0.0261. The van der Waals surface area contributed by atoms with Crippen LogP contribution in [0.25, 0.3) is 11.1 Å². The zero-order valence-corrected chi connectivity index (χ0v) is 40.2. The number of benzene rings is 5. The number of nitrogens with zero attached hydrogens (tertiary/aromatic N) is 3. The molecular formula is C57H63N3O11. The van der Waals surface area contributed by atoms with E-state index in [2.05, 4.69) is 24.8 Å². The van der Waals surface area contributed by atoms with Gasteiger partial charge in [0.1, 0.15) is 36.5 Å². The van der Waals surface area contributed by atoms with Crippen molar-refractivity contribution in [3.63, 3.8) is 0 Å². The van der Waals surface area contributed by atoms with Crippen LogP contribution in [-0.4, -0.2) is 83.8 Å².